The van der Waals surface area contributed by atoms with Crippen LogP contribution in [0.5, 0.6) is 0 Å². The van der Waals surface area contributed by atoms with E-state index in [1.165, 1.54) is 18.4 Å². The summed E-state index contributed by atoms with van der Waals surface area (Å²) < 4.78 is 1.88. The van der Waals surface area contributed by atoms with Gasteiger partial charge in [0.1, 0.15) is 5.82 Å². The molecule has 2 saturated carbocycles. The zero-order chi connectivity index (χ0) is 20.6. The molecule has 10 heteroatoms. The van der Waals surface area contributed by atoms with Crippen molar-refractivity contribution in [3.8, 4) is 0 Å². The second-order valence-corrected chi connectivity index (χ2v) is 9.16. The largest absolute Gasteiger partial charge is 0.359 e. The lowest BCUT2D eigenvalue weighted by molar-refractivity contribution is -0.118. The summed E-state index contributed by atoms with van der Waals surface area (Å²) in [5.41, 5.74) is 3.08. The van der Waals surface area contributed by atoms with E-state index in [1.807, 2.05) is 22.4 Å². The first-order valence-corrected chi connectivity index (χ1v) is 10.9. The van der Waals surface area contributed by atoms with Gasteiger partial charge >= 0.3 is 0 Å². The minimum Gasteiger partial charge on any atom is -0.359 e. The smallest absolute Gasteiger partial charge is 0.245 e. The summed E-state index contributed by atoms with van der Waals surface area (Å²) in [5.74, 6) is 2.75. The molecule has 154 valence electrons. The van der Waals surface area contributed by atoms with Gasteiger partial charge in [0.15, 0.2) is 11.0 Å². The van der Waals surface area contributed by atoms with Crippen LogP contribution in [0, 0.1) is 11.8 Å². The van der Waals surface area contributed by atoms with Gasteiger partial charge in [0.2, 0.25) is 11.2 Å². The van der Waals surface area contributed by atoms with E-state index in [9.17, 15) is 4.79 Å². The Labute approximate surface area is 182 Å². The molecule has 1 saturated heterocycles. The number of aromatic nitrogens is 5. The quantitative estimate of drug-likeness (QED) is 0.643. The molecule has 0 spiro atoms. The van der Waals surface area contributed by atoms with E-state index in [-0.39, 0.29) is 28.3 Å². The van der Waals surface area contributed by atoms with Crippen LogP contribution in [0.1, 0.15) is 49.4 Å². The normalized spacial score (nSPS) is 23.7. The molecular formula is C20H19Cl2N7O. The van der Waals surface area contributed by atoms with Gasteiger partial charge in [0, 0.05) is 12.5 Å². The molecule has 30 heavy (non-hydrogen) atoms. The van der Waals surface area contributed by atoms with E-state index in [0.717, 1.165) is 30.0 Å². The standard InChI is InChI=1S/C20H19Cl2N7O/c1-9(23-18-17(21)25-26-20(22)24-18)15-7-13-4-11(10-2-3-10)6-16(29(13)27-15)28-8-12-5-14(12)19(28)30/h4,6-7,9-10,12,14H,2-3,5,8H2,1H3,(H,23,24,26)/t9-,12?,14?/m1/s1. The number of halogens is 2. The van der Waals surface area contributed by atoms with Gasteiger partial charge in [0.05, 0.1) is 17.3 Å². The molecule has 3 atom stereocenters. The topological polar surface area (TPSA) is 88.3 Å². The number of carbonyl (C=O) groups excluding carboxylic acids is 1. The summed E-state index contributed by atoms with van der Waals surface area (Å²) in [5, 5.41) is 15.6. The van der Waals surface area contributed by atoms with Crippen LogP contribution in [0.4, 0.5) is 11.6 Å². The molecule has 2 aliphatic carbocycles. The monoisotopic (exact) mass is 443 g/mol. The maximum atomic E-state index is 12.8. The number of nitrogens with one attached hydrogen (secondary N) is 1. The number of amides is 1. The van der Waals surface area contributed by atoms with Crippen molar-refractivity contribution in [3.63, 3.8) is 0 Å². The van der Waals surface area contributed by atoms with E-state index in [1.54, 1.807) is 0 Å². The number of carbonyl (C=O) groups is 1. The van der Waals surface area contributed by atoms with Crippen LogP contribution in [0.25, 0.3) is 5.52 Å². The van der Waals surface area contributed by atoms with Crippen molar-refractivity contribution < 1.29 is 4.79 Å². The molecule has 0 radical (unpaired) electrons. The zero-order valence-electron chi connectivity index (χ0n) is 16.2. The number of anilines is 2. The van der Waals surface area contributed by atoms with Crippen LogP contribution in [0.2, 0.25) is 10.4 Å². The van der Waals surface area contributed by atoms with Crippen LogP contribution >= 0.6 is 23.2 Å². The van der Waals surface area contributed by atoms with Crippen LogP contribution in [-0.2, 0) is 4.79 Å². The SMILES string of the molecule is C[C@@H](Nc1nc(Cl)nnc1Cl)c1cc2cc(C3CC3)cc(N3CC4CC4C3=O)n2n1. The molecule has 3 aliphatic rings. The maximum Gasteiger partial charge on any atom is 0.245 e. The average Bonchev–Trinajstić information content (AvgIpc) is 3.64. The lowest BCUT2D eigenvalue weighted by Gasteiger charge is -2.20. The highest BCUT2D eigenvalue weighted by atomic mass is 35.5. The summed E-state index contributed by atoms with van der Waals surface area (Å²) >= 11 is 11.9. The second-order valence-electron chi connectivity index (χ2n) is 8.46. The number of hydrogen-bond donors (Lipinski definition) is 1. The Bertz CT molecular complexity index is 1190. The number of rotatable bonds is 5. The summed E-state index contributed by atoms with van der Waals surface area (Å²) in [6.45, 7) is 2.75. The van der Waals surface area contributed by atoms with E-state index in [0.29, 0.717) is 17.7 Å². The second kappa shape index (κ2) is 6.52. The summed E-state index contributed by atoms with van der Waals surface area (Å²) in [4.78, 5) is 18.8. The molecule has 2 unspecified atom stereocenters. The molecule has 4 heterocycles. The Morgan fingerprint density at radius 3 is 2.77 bits per heavy atom. The molecule has 1 aliphatic heterocycles. The van der Waals surface area contributed by atoms with Crippen LogP contribution in [0.3, 0.4) is 0 Å². The lowest BCUT2D eigenvalue weighted by atomic mass is 10.1. The minimum atomic E-state index is -0.199. The highest BCUT2D eigenvalue weighted by molar-refractivity contribution is 6.32. The highest BCUT2D eigenvalue weighted by Gasteiger charge is 2.53. The van der Waals surface area contributed by atoms with Gasteiger partial charge in [-0.2, -0.15) is 10.1 Å². The van der Waals surface area contributed by atoms with Crippen molar-refractivity contribution in [2.45, 2.75) is 38.1 Å². The fourth-order valence-electron chi connectivity index (χ4n) is 4.33. The molecular weight excluding hydrogens is 425 g/mol. The van der Waals surface area contributed by atoms with E-state index in [2.05, 4.69) is 32.6 Å². The molecule has 0 aromatic carbocycles. The van der Waals surface area contributed by atoms with Gasteiger partial charge in [-0.1, -0.05) is 11.6 Å². The Hall–Kier alpha value is -2.45. The molecule has 3 aromatic heterocycles. The fraction of sp³-hybridized carbons (Fsp3) is 0.450. The average molecular weight is 444 g/mol. The van der Waals surface area contributed by atoms with Crippen LogP contribution in [0.15, 0.2) is 18.2 Å². The number of pyridine rings is 1. The first-order chi connectivity index (χ1) is 14.5. The first-order valence-electron chi connectivity index (χ1n) is 10.1. The maximum absolute atomic E-state index is 12.8. The van der Waals surface area contributed by atoms with Crippen molar-refractivity contribution >= 4 is 46.3 Å². The molecule has 0 bridgehead atoms. The van der Waals surface area contributed by atoms with Crippen molar-refractivity contribution in [1.29, 1.82) is 0 Å². The summed E-state index contributed by atoms with van der Waals surface area (Å²) in [6, 6.07) is 6.17. The predicted molar refractivity (Wildman–Crippen MR) is 113 cm³/mol. The van der Waals surface area contributed by atoms with E-state index in [4.69, 9.17) is 28.3 Å². The van der Waals surface area contributed by atoms with Gasteiger partial charge < -0.3 is 5.32 Å². The number of piperidine rings is 1. The van der Waals surface area contributed by atoms with E-state index >= 15 is 0 Å². The van der Waals surface area contributed by atoms with Crippen LogP contribution in [-0.4, -0.2) is 37.2 Å². The summed E-state index contributed by atoms with van der Waals surface area (Å²) in [7, 11) is 0. The first kappa shape index (κ1) is 18.3. The van der Waals surface area contributed by atoms with Gasteiger partial charge in [-0.05, 0) is 73.4 Å². The lowest BCUT2D eigenvalue weighted by Crippen LogP contribution is -2.30. The van der Waals surface area contributed by atoms with Crippen molar-refractivity contribution in [3.05, 3.63) is 39.9 Å². The Balaban J connectivity index is 1.38. The number of nitrogens with zero attached hydrogens (tertiary/aromatic N) is 6. The van der Waals surface area contributed by atoms with Gasteiger partial charge in [-0.15, -0.1) is 10.2 Å². The Morgan fingerprint density at radius 2 is 2.03 bits per heavy atom. The van der Waals surface area contributed by atoms with Crippen LogP contribution < -0.4 is 10.2 Å². The highest BCUT2D eigenvalue weighted by Crippen LogP contribution is 2.48. The molecule has 3 aromatic rings. The van der Waals surface area contributed by atoms with Gasteiger partial charge in [0.25, 0.3) is 0 Å². The third-order valence-corrected chi connectivity index (χ3v) is 6.66. The van der Waals surface area contributed by atoms with E-state index < -0.39 is 0 Å². The number of hydrogen-bond acceptors (Lipinski definition) is 6. The third kappa shape index (κ3) is 3.01. The zero-order valence-corrected chi connectivity index (χ0v) is 17.7. The fourth-order valence-corrected chi connectivity index (χ4v) is 4.58. The molecule has 1 N–H and O–H groups in total. The Kier molecular flexibility index (Phi) is 3.98. The molecule has 8 nitrogen and oxygen atoms in total. The van der Waals surface area contributed by atoms with Crippen molar-refractivity contribution in [1.82, 2.24) is 24.8 Å². The van der Waals surface area contributed by atoms with Gasteiger partial charge in [-0.25, -0.2) is 4.52 Å². The number of fused-ring (bicyclic) bond motifs is 2. The molecule has 1 amide bonds. The Morgan fingerprint density at radius 1 is 1.20 bits per heavy atom. The summed E-state index contributed by atoms with van der Waals surface area (Å²) in [6.07, 6.45) is 3.43. The van der Waals surface area contributed by atoms with Gasteiger partial charge in [-0.3, -0.25) is 9.69 Å². The third-order valence-electron chi connectivity index (χ3n) is 6.25. The predicted octanol–water partition coefficient (Wildman–Crippen LogP) is 3.86. The minimum absolute atomic E-state index is 0.0200. The van der Waals surface area contributed by atoms with Crippen molar-refractivity contribution in [2.75, 3.05) is 16.8 Å². The van der Waals surface area contributed by atoms with Crippen molar-refractivity contribution in [2.24, 2.45) is 11.8 Å². The molecule has 3 fully saturated rings. The molecule has 6 rings (SSSR count).